The summed E-state index contributed by atoms with van der Waals surface area (Å²) >= 11 is 0. The van der Waals surface area contributed by atoms with Crippen LogP contribution in [0.5, 0.6) is 11.5 Å². The number of ketones is 2. The Hall–Kier alpha value is -4.99. The molecular formula is C37H45NO15. The van der Waals surface area contributed by atoms with Gasteiger partial charge in [-0.3, -0.25) is 9.59 Å². The van der Waals surface area contributed by atoms with Crippen LogP contribution in [-0.4, -0.2) is 85.3 Å². The Labute approximate surface area is 305 Å². The number of Topliss-reactive ketones (excluding diaryl/α,β-unsaturated/α-hetero) is 1. The van der Waals surface area contributed by atoms with Gasteiger partial charge in [0.25, 0.3) is 5.09 Å². The third-order valence-corrected chi connectivity index (χ3v) is 11.5. The minimum absolute atomic E-state index is 0.00229. The zero-order valence-electron chi connectivity index (χ0n) is 30.2. The van der Waals surface area contributed by atoms with E-state index in [4.69, 9.17) is 28.4 Å². The van der Waals surface area contributed by atoms with Crippen molar-refractivity contribution in [1.82, 2.24) is 0 Å². The van der Waals surface area contributed by atoms with Gasteiger partial charge in [0, 0.05) is 16.7 Å². The molecule has 0 radical (unpaired) electrons. The van der Waals surface area contributed by atoms with Crippen molar-refractivity contribution in [2.24, 2.45) is 28.6 Å². The quantitative estimate of drug-likeness (QED) is 0.0654. The van der Waals surface area contributed by atoms with Gasteiger partial charge in [0.05, 0.1) is 38.6 Å². The lowest BCUT2D eigenvalue weighted by Crippen LogP contribution is -2.63. The first kappa shape index (κ1) is 39.2. The number of nitrogens with zero attached hydrogens (tertiary/aromatic N) is 1. The molecule has 16 heteroatoms. The van der Waals surface area contributed by atoms with Gasteiger partial charge in [-0.25, -0.2) is 14.4 Å². The number of rotatable bonds is 14. The number of carbonyl (C=O) groups excluding carboxylic acids is 5. The van der Waals surface area contributed by atoms with Crippen molar-refractivity contribution in [3.63, 3.8) is 0 Å². The number of aliphatic hydroxyl groups is 1. The number of allylic oxidation sites excluding steroid dienone is 4. The number of hydrogen-bond donors (Lipinski definition) is 1. The van der Waals surface area contributed by atoms with Crippen LogP contribution >= 0.6 is 0 Å². The third kappa shape index (κ3) is 7.73. The maximum atomic E-state index is 14.2. The molecule has 288 valence electrons. The lowest BCUT2D eigenvalue weighted by Gasteiger charge is -2.59. The van der Waals surface area contributed by atoms with E-state index in [2.05, 4.69) is 4.84 Å². The molecule has 0 aliphatic heterocycles. The monoisotopic (exact) mass is 743 g/mol. The molecule has 53 heavy (non-hydrogen) atoms. The second kappa shape index (κ2) is 15.9. The first-order valence-electron chi connectivity index (χ1n) is 17.7. The van der Waals surface area contributed by atoms with Crippen LogP contribution < -0.4 is 9.47 Å². The largest absolute Gasteiger partial charge is 0.514 e. The van der Waals surface area contributed by atoms with Crippen molar-refractivity contribution in [2.45, 2.75) is 77.4 Å². The van der Waals surface area contributed by atoms with Crippen molar-refractivity contribution in [3.8, 4) is 11.5 Å². The molecule has 0 spiro atoms. The minimum atomic E-state index is -1.79. The van der Waals surface area contributed by atoms with Gasteiger partial charge in [-0.05, 0) is 94.1 Å². The summed E-state index contributed by atoms with van der Waals surface area (Å²) in [7, 11) is 1.28. The molecule has 0 saturated heterocycles. The third-order valence-electron chi connectivity index (χ3n) is 11.5. The van der Waals surface area contributed by atoms with Crippen molar-refractivity contribution in [1.29, 1.82) is 0 Å². The van der Waals surface area contributed by atoms with Gasteiger partial charge in [-0.15, -0.1) is 10.1 Å². The molecule has 0 heterocycles. The SMILES string of the molecule is CCOC(=O)O[C@]1(C(=O)COC(=O)Oc2ccc(C(=O)OCCCCO[N+](=O)[O-])cc2OC)CCC2C3CCC4=CC(=O)C=C[C@]4(C)C3[C@@H](O)C[C@@]21C. The first-order chi connectivity index (χ1) is 25.2. The average molecular weight is 744 g/mol. The van der Waals surface area contributed by atoms with Crippen molar-refractivity contribution in [3.05, 3.63) is 57.7 Å². The number of unbranched alkanes of at least 4 members (excludes halogenated alkanes) is 1. The highest BCUT2D eigenvalue weighted by molar-refractivity contribution is 6.01. The Bertz CT molecular complexity index is 1690. The summed E-state index contributed by atoms with van der Waals surface area (Å²) in [6.07, 6.45) is 4.54. The maximum Gasteiger partial charge on any atom is 0.514 e. The van der Waals surface area contributed by atoms with E-state index in [1.165, 1.54) is 25.3 Å². The number of aliphatic hydroxyl groups excluding tert-OH is 1. The molecule has 1 aromatic rings. The molecule has 7 atom stereocenters. The predicted octanol–water partition coefficient (Wildman–Crippen LogP) is 5.12. The summed E-state index contributed by atoms with van der Waals surface area (Å²) in [6.45, 7) is 4.50. The van der Waals surface area contributed by atoms with Crippen molar-refractivity contribution < 1.29 is 67.4 Å². The molecule has 1 aromatic carbocycles. The van der Waals surface area contributed by atoms with E-state index in [0.29, 0.717) is 32.1 Å². The summed E-state index contributed by atoms with van der Waals surface area (Å²) in [4.78, 5) is 79.1. The van der Waals surface area contributed by atoms with Crippen LogP contribution in [-0.2, 0) is 33.4 Å². The Morgan fingerprint density at radius 2 is 1.77 bits per heavy atom. The Kier molecular flexibility index (Phi) is 11.8. The fraction of sp³-hybridized carbons (Fsp3) is 0.595. The van der Waals surface area contributed by atoms with E-state index in [1.807, 2.05) is 19.9 Å². The number of benzene rings is 1. The van der Waals surface area contributed by atoms with E-state index >= 15 is 0 Å². The fourth-order valence-corrected chi connectivity index (χ4v) is 9.12. The van der Waals surface area contributed by atoms with Crippen LogP contribution in [0.25, 0.3) is 0 Å². The summed E-state index contributed by atoms with van der Waals surface area (Å²) in [5.41, 5.74) is -2.33. The highest BCUT2D eigenvalue weighted by atomic mass is 16.9. The summed E-state index contributed by atoms with van der Waals surface area (Å²) in [5.74, 6) is -2.06. The molecule has 0 amide bonds. The van der Waals surface area contributed by atoms with E-state index < -0.39 is 58.3 Å². The molecule has 4 aliphatic carbocycles. The van der Waals surface area contributed by atoms with Crippen LogP contribution in [0, 0.1) is 38.7 Å². The number of methoxy groups -OCH3 is 1. The van der Waals surface area contributed by atoms with Gasteiger partial charge in [0.15, 0.2) is 29.5 Å². The molecule has 5 rings (SSSR count). The predicted molar refractivity (Wildman–Crippen MR) is 181 cm³/mol. The minimum Gasteiger partial charge on any atom is -0.493 e. The maximum absolute atomic E-state index is 14.2. The summed E-state index contributed by atoms with van der Waals surface area (Å²) in [6, 6.07) is 3.88. The first-order valence-corrected chi connectivity index (χ1v) is 17.7. The lowest BCUT2D eigenvalue weighted by atomic mass is 9.46. The van der Waals surface area contributed by atoms with Crippen molar-refractivity contribution >= 4 is 29.8 Å². The van der Waals surface area contributed by atoms with E-state index in [9.17, 15) is 39.2 Å². The summed E-state index contributed by atoms with van der Waals surface area (Å²) in [5, 5.41) is 21.1. The molecular weight excluding hydrogens is 698 g/mol. The van der Waals surface area contributed by atoms with Gasteiger partial charge in [-0.1, -0.05) is 25.5 Å². The average Bonchev–Trinajstić information content (AvgIpc) is 3.40. The van der Waals surface area contributed by atoms with E-state index in [-0.39, 0.29) is 73.3 Å². The number of esters is 1. The lowest BCUT2D eigenvalue weighted by molar-refractivity contribution is -0.757. The van der Waals surface area contributed by atoms with Crippen LogP contribution in [0.2, 0.25) is 0 Å². The van der Waals surface area contributed by atoms with Crippen molar-refractivity contribution in [2.75, 3.05) is 33.5 Å². The fourth-order valence-electron chi connectivity index (χ4n) is 9.12. The van der Waals surface area contributed by atoms with Crippen LogP contribution in [0.1, 0.15) is 76.1 Å². The topological polar surface area (TPSA) is 213 Å². The Morgan fingerprint density at radius 3 is 2.49 bits per heavy atom. The highest BCUT2D eigenvalue weighted by Crippen LogP contribution is 2.68. The van der Waals surface area contributed by atoms with Gasteiger partial charge >= 0.3 is 18.3 Å². The second-order valence-electron chi connectivity index (χ2n) is 14.2. The number of hydrogen-bond acceptors (Lipinski definition) is 15. The van der Waals surface area contributed by atoms with E-state index in [1.54, 1.807) is 19.1 Å². The normalized spacial score (nSPS) is 29.7. The molecule has 4 aliphatic rings. The molecule has 3 saturated carbocycles. The zero-order chi connectivity index (χ0) is 38.6. The van der Waals surface area contributed by atoms with Gasteiger partial charge in [0.2, 0.25) is 5.78 Å². The number of carbonyl (C=O) groups is 5. The van der Waals surface area contributed by atoms with Crippen LogP contribution in [0.3, 0.4) is 0 Å². The molecule has 16 nitrogen and oxygen atoms in total. The highest BCUT2D eigenvalue weighted by Gasteiger charge is 2.70. The van der Waals surface area contributed by atoms with Crippen LogP contribution in [0.4, 0.5) is 9.59 Å². The summed E-state index contributed by atoms with van der Waals surface area (Å²) < 4.78 is 32.0. The Balaban J connectivity index is 1.27. The van der Waals surface area contributed by atoms with Gasteiger partial charge < -0.3 is 38.4 Å². The second-order valence-corrected chi connectivity index (χ2v) is 14.2. The van der Waals surface area contributed by atoms with Gasteiger partial charge in [0.1, 0.15) is 0 Å². The smallest absolute Gasteiger partial charge is 0.493 e. The number of fused-ring (bicyclic) bond motifs is 5. The standard InChI is InChI=1S/C37H45NO15/c1-5-48-34(44)53-37(15-13-26-25-10-9-23-19-24(39)12-14-35(23,2)31(25)27(40)20-36(26,37)3)30(41)21-50-33(43)52-28-11-8-22(18-29(28)47-4)32(42)49-16-6-7-17-51-38(45)46/h8,11-12,14,18-19,25-27,31,40H,5-7,9-10,13,15-17,20-21H2,1-4H3/t25?,26?,27-,31?,35-,36-,37-/m0/s1. The van der Waals surface area contributed by atoms with Gasteiger partial charge in [-0.2, -0.15) is 0 Å². The van der Waals surface area contributed by atoms with Crippen LogP contribution in [0.15, 0.2) is 42.0 Å². The molecule has 3 fully saturated rings. The molecule has 3 unspecified atom stereocenters. The number of ether oxygens (including phenoxy) is 6. The zero-order valence-corrected chi connectivity index (χ0v) is 30.2. The Morgan fingerprint density at radius 1 is 1.02 bits per heavy atom. The molecule has 0 bridgehead atoms. The molecule has 1 N–H and O–H groups in total. The van der Waals surface area contributed by atoms with E-state index in [0.717, 1.165) is 5.57 Å². The molecule has 0 aromatic heterocycles.